The SMILES string of the molecule is CCCCCCCCCO[N+](C)(C)Cc1ccccc1.[Cl-]. The van der Waals surface area contributed by atoms with Crippen molar-refractivity contribution in [2.24, 2.45) is 0 Å². The molecule has 0 aromatic heterocycles. The van der Waals surface area contributed by atoms with Crippen LogP contribution in [0.3, 0.4) is 0 Å². The Balaban J connectivity index is 0.00000400. The number of hydroxylamine groups is 3. The fourth-order valence-corrected chi connectivity index (χ4v) is 2.44. The van der Waals surface area contributed by atoms with E-state index in [1.165, 1.54) is 50.5 Å². The zero-order chi connectivity index (χ0) is 14.7. The summed E-state index contributed by atoms with van der Waals surface area (Å²) in [5.74, 6) is 0. The Kier molecular flexibility index (Phi) is 11.7. The van der Waals surface area contributed by atoms with Gasteiger partial charge in [0.1, 0.15) is 13.2 Å². The molecule has 0 aliphatic rings. The summed E-state index contributed by atoms with van der Waals surface area (Å²) in [6, 6.07) is 10.6. The Morgan fingerprint density at radius 2 is 1.43 bits per heavy atom. The predicted octanol–water partition coefficient (Wildman–Crippen LogP) is 1.95. The van der Waals surface area contributed by atoms with Crippen LogP contribution in [0.4, 0.5) is 0 Å². The van der Waals surface area contributed by atoms with Crippen LogP contribution in [-0.4, -0.2) is 25.3 Å². The van der Waals surface area contributed by atoms with Crippen molar-refractivity contribution in [3.63, 3.8) is 0 Å². The lowest BCUT2D eigenvalue weighted by atomic mass is 10.1. The molecule has 3 heteroatoms. The molecule has 0 saturated carbocycles. The lowest BCUT2D eigenvalue weighted by molar-refractivity contribution is -1.09. The summed E-state index contributed by atoms with van der Waals surface area (Å²) in [4.78, 5) is 6.00. The van der Waals surface area contributed by atoms with Gasteiger partial charge in [0.15, 0.2) is 0 Å². The number of nitrogens with zero attached hydrogens (tertiary/aromatic N) is 1. The summed E-state index contributed by atoms with van der Waals surface area (Å²) in [6.45, 7) is 4.06. The highest BCUT2D eigenvalue weighted by Gasteiger charge is 2.17. The lowest BCUT2D eigenvalue weighted by Crippen LogP contribution is -3.00. The first-order valence-electron chi connectivity index (χ1n) is 8.15. The van der Waals surface area contributed by atoms with Crippen molar-refractivity contribution in [3.8, 4) is 0 Å². The largest absolute Gasteiger partial charge is 1.00 e. The van der Waals surface area contributed by atoms with Crippen molar-refractivity contribution in [1.82, 2.24) is 0 Å². The highest BCUT2D eigenvalue weighted by atomic mass is 35.5. The average Bonchev–Trinajstić information content (AvgIpc) is 2.42. The van der Waals surface area contributed by atoms with Gasteiger partial charge in [0.05, 0.1) is 14.1 Å². The number of rotatable bonds is 11. The molecule has 2 nitrogen and oxygen atoms in total. The summed E-state index contributed by atoms with van der Waals surface area (Å²) in [6.07, 6.45) is 9.34. The number of hydrogen-bond acceptors (Lipinski definition) is 1. The fourth-order valence-electron chi connectivity index (χ4n) is 2.44. The van der Waals surface area contributed by atoms with Crippen LogP contribution in [0.25, 0.3) is 0 Å². The van der Waals surface area contributed by atoms with Gasteiger partial charge in [-0.15, -0.1) is 0 Å². The number of hydrogen-bond donors (Lipinski definition) is 0. The molecule has 0 fully saturated rings. The Labute approximate surface area is 137 Å². The van der Waals surface area contributed by atoms with Crippen LogP contribution < -0.4 is 12.4 Å². The van der Waals surface area contributed by atoms with Crippen molar-refractivity contribution in [2.75, 3.05) is 20.7 Å². The number of benzene rings is 1. The molecule has 0 heterocycles. The molecule has 0 radical (unpaired) electrons. The molecule has 0 N–H and O–H groups in total. The van der Waals surface area contributed by atoms with E-state index in [-0.39, 0.29) is 12.4 Å². The Morgan fingerprint density at radius 1 is 0.857 bits per heavy atom. The third kappa shape index (κ3) is 10.8. The maximum absolute atomic E-state index is 6.00. The van der Waals surface area contributed by atoms with E-state index in [1.54, 1.807) is 0 Å². The Hall–Kier alpha value is -0.570. The molecular weight excluding hydrogens is 282 g/mol. The van der Waals surface area contributed by atoms with Crippen molar-refractivity contribution in [1.29, 1.82) is 0 Å². The van der Waals surface area contributed by atoms with E-state index in [1.807, 2.05) is 0 Å². The molecule has 0 spiro atoms. The minimum atomic E-state index is 0. The van der Waals surface area contributed by atoms with Crippen molar-refractivity contribution < 1.29 is 21.9 Å². The quantitative estimate of drug-likeness (QED) is 0.345. The van der Waals surface area contributed by atoms with Gasteiger partial charge in [0, 0.05) is 5.56 Å². The van der Waals surface area contributed by atoms with Crippen LogP contribution in [0, 0.1) is 0 Å². The zero-order valence-corrected chi connectivity index (χ0v) is 14.7. The normalized spacial score (nSPS) is 11.2. The van der Waals surface area contributed by atoms with E-state index in [9.17, 15) is 0 Å². The monoisotopic (exact) mass is 313 g/mol. The van der Waals surface area contributed by atoms with Gasteiger partial charge in [0.2, 0.25) is 0 Å². The minimum Gasteiger partial charge on any atom is -1.00 e. The molecule has 21 heavy (non-hydrogen) atoms. The van der Waals surface area contributed by atoms with E-state index >= 15 is 0 Å². The maximum atomic E-state index is 6.00. The number of quaternary nitrogens is 1. The van der Waals surface area contributed by atoms with E-state index < -0.39 is 0 Å². The first kappa shape index (κ1) is 20.4. The first-order valence-corrected chi connectivity index (χ1v) is 8.15. The molecule has 1 rings (SSSR count). The standard InChI is InChI=1S/C18H32NO.ClH/c1-4-5-6-7-8-9-13-16-20-19(2,3)17-18-14-11-10-12-15-18;/h10-12,14-15H,4-9,13,16-17H2,1-3H3;1H/q+1;/p-1. The van der Waals surface area contributed by atoms with Crippen molar-refractivity contribution in [3.05, 3.63) is 35.9 Å². The number of halogens is 1. The second kappa shape index (κ2) is 12.0. The van der Waals surface area contributed by atoms with Gasteiger partial charge in [-0.2, -0.15) is 4.65 Å². The van der Waals surface area contributed by atoms with Crippen molar-refractivity contribution >= 4 is 0 Å². The Bertz CT molecular complexity index is 340. The van der Waals surface area contributed by atoms with Crippen LogP contribution in [-0.2, 0) is 11.4 Å². The third-order valence-corrected chi connectivity index (χ3v) is 3.59. The number of unbranched alkanes of at least 4 members (excludes halogenated alkanes) is 6. The maximum Gasteiger partial charge on any atom is 0.134 e. The second-order valence-corrected chi connectivity index (χ2v) is 6.17. The predicted molar refractivity (Wildman–Crippen MR) is 86.2 cm³/mol. The summed E-state index contributed by atoms with van der Waals surface area (Å²) in [7, 11) is 4.27. The molecule has 1 aromatic carbocycles. The second-order valence-electron chi connectivity index (χ2n) is 6.17. The molecule has 0 saturated heterocycles. The summed E-state index contributed by atoms with van der Waals surface area (Å²) >= 11 is 0. The molecule has 122 valence electrons. The molecule has 0 atom stereocenters. The van der Waals surface area contributed by atoms with Gasteiger partial charge in [-0.1, -0.05) is 75.8 Å². The molecule has 0 unspecified atom stereocenters. The van der Waals surface area contributed by atoms with E-state index in [0.717, 1.165) is 13.2 Å². The van der Waals surface area contributed by atoms with Gasteiger partial charge >= 0.3 is 0 Å². The molecule has 0 aliphatic carbocycles. The third-order valence-electron chi connectivity index (χ3n) is 3.59. The minimum absolute atomic E-state index is 0. The first-order chi connectivity index (χ1) is 9.64. The van der Waals surface area contributed by atoms with Crippen LogP contribution in [0.5, 0.6) is 0 Å². The topological polar surface area (TPSA) is 9.23 Å². The van der Waals surface area contributed by atoms with Crippen molar-refractivity contribution in [2.45, 2.75) is 58.4 Å². The van der Waals surface area contributed by atoms with Gasteiger partial charge in [-0.05, 0) is 6.42 Å². The highest BCUT2D eigenvalue weighted by molar-refractivity contribution is 5.13. The van der Waals surface area contributed by atoms with Gasteiger partial charge in [-0.25, -0.2) is 4.84 Å². The zero-order valence-electron chi connectivity index (χ0n) is 14.0. The van der Waals surface area contributed by atoms with Crippen LogP contribution >= 0.6 is 0 Å². The molecule has 1 aromatic rings. The van der Waals surface area contributed by atoms with Crippen LogP contribution in [0.15, 0.2) is 30.3 Å². The van der Waals surface area contributed by atoms with Crippen LogP contribution in [0.1, 0.15) is 57.4 Å². The van der Waals surface area contributed by atoms with Crippen LogP contribution in [0.2, 0.25) is 0 Å². The molecule has 0 aliphatic heterocycles. The smallest absolute Gasteiger partial charge is 0.134 e. The van der Waals surface area contributed by atoms with E-state index in [2.05, 4.69) is 51.4 Å². The summed E-state index contributed by atoms with van der Waals surface area (Å²) in [5.41, 5.74) is 1.33. The van der Waals surface area contributed by atoms with E-state index in [0.29, 0.717) is 4.65 Å². The average molecular weight is 314 g/mol. The summed E-state index contributed by atoms with van der Waals surface area (Å²) < 4.78 is 0.611. The molecule has 0 bridgehead atoms. The van der Waals surface area contributed by atoms with Gasteiger partial charge < -0.3 is 12.4 Å². The fraction of sp³-hybridized carbons (Fsp3) is 0.667. The Morgan fingerprint density at radius 3 is 2.05 bits per heavy atom. The molecular formula is C18H32ClNO. The van der Waals surface area contributed by atoms with Gasteiger partial charge in [0.25, 0.3) is 0 Å². The lowest BCUT2D eigenvalue weighted by Gasteiger charge is -2.27. The van der Waals surface area contributed by atoms with Gasteiger partial charge in [-0.3, -0.25) is 0 Å². The van der Waals surface area contributed by atoms with E-state index in [4.69, 9.17) is 4.84 Å². The molecule has 0 amide bonds. The summed E-state index contributed by atoms with van der Waals surface area (Å²) in [5, 5.41) is 0. The highest BCUT2D eigenvalue weighted by Crippen LogP contribution is 2.12.